The summed E-state index contributed by atoms with van der Waals surface area (Å²) in [6.07, 6.45) is 2.74. The van der Waals surface area contributed by atoms with Gasteiger partial charge in [0.15, 0.2) is 0 Å². The number of hydrogen-bond donors (Lipinski definition) is 2. The van der Waals surface area contributed by atoms with Gasteiger partial charge in [0.1, 0.15) is 5.82 Å². The summed E-state index contributed by atoms with van der Waals surface area (Å²) in [6, 6.07) is 8.30. The number of aliphatic hydroxyl groups is 1. The van der Waals surface area contributed by atoms with Crippen LogP contribution >= 0.6 is 0 Å². The average molecular weight is 275 g/mol. The predicted octanol–water partition coefficient (Wildman–Crippen LogP) is 2.70. The van der Waals surface area contributed by atoms with Gasteiger partial charge in [0, 0.05) is 6.54 Å². The summed E-state index contributed by atoms with van der Waals surface area (Å²) in [6.45, 7) is 6.73. The Kier molecular flexibility index (Phi) is 5.56. The van der Waals surface area contributed by atoms with Crippen LogP contribution in [-0.2, 0) is 13.1 Å². The molecule has 0 aliphatic heterocycles. The first-order chi connectivity index (χ1) is 9.72. The second kappa shape index (κ2) is 7.41. The summed E-state index contributed by atoms with van der Waals surface area (Å²) in [5.74, 6) is 1.10. The van der Waals surface area contributed by atoms with Crippen molar-refractivity contribution in [3.8, 4) is 0 Å². The van der Waals surface area contributed by atoms with Crippen LogP contribution in [0, 0.1) is 0 Å². The molecule has 1 aromatic heterocycles. The highest BCUT2D eigenvalue weighted by Gasteiger charge is 2.08. The smallest absolute Gasteiger partial charge is 0.123 e. The number of aryl methyl sites for hydroxylation is 1. The van der Waals surface area contributed by atoms with Gasteiger partial charge in [-0.15, -0.1) is 0 Å². The quantitative estimate of drug-likeness (QED) is 0.728. The van der Waals surface area contributed by atoms with Crippen molar-refractivity contribution in [3.05, 3.63) is 30.1 Å². The molecule has 20 heavy (non-hydrogen) atoms. The van der Waals surface area contributed by atoms with Crippen LogP contribution < -0.4 is 5.32 Å². The van der Waals surface area contributed by atoms with Gasteiger partial charge in [-0.1, -0.05) is 19.1 Å². The standard InChI is InChI=1S/C16H25N3O/c1-3-11-19-15-9-5-4-8-14(15)18-16(19)12-17-10-6-7-13(2)20/h4-5,8-9,13,17,20H,3,6-7,10-12H2,1-2H3. The molecular weight excluding hydrogens is 250 g/mol. The van der Waals surface area contributed by atoms with Crippen LogP contribution in [0.3, 0.4) is 0 Å². The van der Waals surface area contributed by atoms with Gasteiger partial charge in [0.25, 0.3) is 0 Å². The molecule has 0 fully saturated rings. The van der Waals surface area contributed by atoms with Crippen LogP contribution in [0.5, 0.6) is 0 Å². The SMILES string of the molecule is CCCn1c(CNCCCC(C)O)nc2ccccc21. The maximum atomic E-state index is 9.23. The summed E-state index contributed by atoms with van der Waals surface area (Å²) in [4.78, 5) is 4.72. The van der Waals surface area contributed by atoms with Crippen LogP contribution in [-0.4, -0.2) is 27.3 Å². The van der Waals surface area contributed by atoms with E-state index >= 15 is 0 Å². The highest BCUT2D eigenvalue weighted by atomic mass is 16.3. The zero-order valence-corrected chi connectivity index (χ0v) is 12.5. The molecule has 2 N–H and O–H groups in total. The van der Waals surface area contributed by atoms with Crippen LogP contribution in [0.2, 0.25) is 0 Å². The van der Waals surface area contributed by atoms with Gasteiger partial charge in [-0.2, -0.15) is 0 Å². The summed E-state index contributed by atoms with van der Waals surface area (Å²) in [5, 5.41) is 12.7. The molecule has 0 aliphatic rings. The number of aliphatic hydroxyl groups excluding tert-OH is 1. The van der Waals surface area contributed by atoms with Crippen LogP contribution in [0.1, 0.15) is 38.9 Å². The topological polar surface area (TPSA) is 50.1 Å². The molecule has 1 heterocycles. The lowest BCUT2D eigenvalue weighted by molar-refractivity contribution is 0.181. The first-order valence-corrected chi connectivity index (χ1v) is 7.55. The fourth-order valence-corrected chi connectivity index (χ4v) is 2.46. The van der Waals surface area contributed by atoms with Gasteiger partial charge in [-0.05, 0) is 44.9 Å². The van der Waals surface area contributed by atoms with Gasteiger partial charge in [-0.25, -0.2) is 4.98 Å². The second-order valence-corrected chi connectivity index (χ2v) is 5.34. The van der Waals surface area contributed by atoms with Crippen molar-refractivity contribution in [2.75, 3.05) is 6.54 Å². The molecule has 0 bridgehead atoms. The molecule has 0 saturated carbocycles. The minimum Gasteiger partial charge on any atom is -0.393 e. The lowest BCUT2D eigenvalue weighted by atomic mass is 10.2. The third-order valence-corrected chi connectivity index (χ3v) is 3.44. The van der Waals surface area contributed by atoms with E-state index in [0.29, 0.717) is 0 Å². The van der Waals surface area contributed by atoms with E-state index in [1.54, 1.807) is 0 Å². The molecule has 2 rings (SSSR count). The molecule has 1 aromatic carbocycles. The van der Waals surface area contributed by atoms with Gasteiger partial charge in [0.2, 0.25) is 0 Å². The largest absolute Gasteiger partial charge is 0.393 e. The third kappa shape index (κ3) is 3.81. The van der Waals surface area contributed by atoms with E-state index in [1.807, 2.05) is 13.0 Å². The molecule has 0 radical (unpaired) electrons. The fraction of sp³-hybridized carbons (Fsp3) is 0.562. The molecule has 0 aliphatic carbocycles. The Morgan fingerprint density at radius 3 is 2.90 bits per heavy atom. The summed E-state index contributed by atoms with van der Waals surface area (Å²) < 4.78 is 2.30. The Morgan fingerprint density at radius 2 is 2.15 bits per heavy atom. The number of imidazole rings is 1. The van der Waals surface area contributed by atoms with E-state index < -0.39 is 0 Å². The minimum absolute atomic E-state index is 0.207. The molecule has 0 spiro atoms. The number of para-hydroxylation sites is 2. The zero-order chi connectivity index (χ0) is 14.4. The van der Waals surface area contributed by atoms with Crippen LogP contribution in [0.4, 0.5) is 0 Å². The van der Waals surface area contributed by atoms with Crippen molar-refractivity contribution in [3.63, 3.8) is 0 Å². The van der Waals surface area contributed by atoms with Crippen molar-refractivity contribution < 1.29 is 5.11 Å². The van der Waals surface area contributed by atoms with Gasteiger partial charge in [0.05, 0.1) is 23.7 Å². The van der Waals surface area contributed by atoms with E-state index in [9.17, 15) is 5.11 Å². The van der Waals surface area contributed by atoms with Crippen LogP contribution in [0.25, 0.3) is 11.0 Å². The highest BCUT2D eigenvalue weighted by Crippen LogP contribution is 2.16. The summed E-state index contributed by atoms with van der Waals surface area (Å²) >= 11 is 0. The zero-order valence-electron chi connectivity index (χ0n) is 12.5. The Labute approximate surface area is 120 Å². The molecule has 0 amide bonds. The monoisotopic (exact) mass is 275 g/mol. The number of nitrogens with one attached hydrogen (secondary N) is 1. The molecule has 1 unspecified atom stereocenters. The number of nitrogens with zero attached hydrogens (tertiary/aromatic N) is 2. The number of benzene rings is 1. The van der Waals surface area contributed by atoms with E-state index in [4.69, 9.17) is 4.98 Å². The molecule has 0 saturated heterocycles. The molecule has 1 atom stereocenters. The molecule has 2 aromatic rings. The lowest BCUT2D eigenvalue weighted by Gasteiger charge is -2.09. The van der Waals surface area contributed by atoms with E-state index in [0.717, 1.165) is 50.2 Å². The Morgan fingerprint density at radius 1 is 1.35 bits per heavy atom. The molecule has 110 valence electrons. The molecule has 4 nitrogen and oxygen atoms in total. The third-order valence-electron chi connectivity index (χ3n) is 3.44. The minimum atomic E-state index is -0.207. The first-order valence-electron chi connectivity index (χ1n) is 7.55. The van der Waals surface area contributed by atoms with Crippen molar-refractivity contribution in [1.82, 2.24) is 14.9 Å². The van der Waals surface area contributed by atoms with Crippen LogP contribution in [0.15, 0.2) is 24.3 Å². The number of rotatable bonds is 8. The van der Waals surface area contributed by atoms with Gasteiger partial charge in [-0.3, -0.25) is 0 Å². The maximum Gasteiger partial charge on any atom is 0.123 e. The molecular formula is C16H25N3O. The van der Waals surface area contributed by atoms with Crippen molar-refractivity contribution in [2.24, 2.45) is 0 Å². The van der Waals surface area contributed by atoms with Crippen molar-refractivity contribution in [1.29, 1.82) is 0 Å². The summed E-state index contributed by atoms with van der Waals surface area (Å²) in [5.41, 5.74) is 2.29. The van der Waals surface area contributed by atoms with Crippen molar-refractivity contribution >= 4 is 11.0 Å². The number of aromatic nitrogens is 2. The number of hydrogen-bond acceptors (Lipinski definition) is 3. The highest BCUT2D eigenvalue weighted by molar-refractivity contribution is 5.75. The van der Waals surface area contributed by atoms with Gasteiger partial charge >= 0.3 is 0 Å². The average Bonchev–Trinajstić information content (AvgIpc) is 2.77. The Hall–Kier alpha value is -1.39. The normalized spacial score (nSPS) is 12.9. The Balaban J connectivity index is 1.99. The second-order valence-electron chi connectivity index (χ2n) is 5.34. The van der Waals surface area contributed by atoms with E-state index in [2.05, 4.69) is 35.0 Å². The Bertz CT molecular complexity index is 534. The number of fused-ring (bicyclic) bond motifs is 1. The lowest BCUT2D eigenvalue weighted by Crippen LogP contribution is -2.19. The molecule has 4 heteroatoms. The summed E-state index contributed by atoms with van der Waals surface area (Å²) in [7, 11) is 0. The van der Waals surface area contributed by atoms with Crippen molar-refractivity contribution in [2.45, 2.75) is 52.3 Å². The maximum absolute atomic E-state index is 9.23. The van der Waals surface area contributed by atoms with Gasteiger partial charge < -0.3 is 15.0 Å². The fourth-order valence-electron chi connectivity index (χ4n) is 2.46. The van der Waals surface area contributed by atoms with E-state index in [1.165, 1.54) is 5.52 Å². The first kappa shape index (κ1) is 15.0. The predicted molar refractivity (Wildman–Crippen MR) is 82.6 cm³/mol. The van der Waals surface area contributed by atoms with E-state index in [-0.39, 0.29) is 6.10 Å².